The predicted molar refractivity (Wildman–Crippen MR) is 73.0 cm³/mol. The first-order valence-corrected chi connectivity index (χ1v) is 7.18. The molecule has 0 aliphatic carbocycles. The molecule has 4 nitrogen and oxygen atoms in total. The lowest BCUT2D eigenvalue weighted by molar-refractivity contribution is -0.154. The molecule has 2 aliphatic heterocycles. The number of hydrogen-bond acceptors (Lipinski definition) is 3. The molecule has 0 saturated carbocycles. The van der Waals surface area contributed by atoms with E-state index in [0.29, 0.717) is 0 Å². The smallest absolute Gasteiger partial charge is 0.243 e. The first kappa shape index (κ1) is 13.5. The van der Waals surface area contributed by atoms with Crippen LogP contribution in [0.1, 0.15) is 44.7 Å². The van der Waals surface area contributed by atoms with Crippen molar-refractivity contribution in [3.63, 3.8) is 0 Å². The maximum Gasteiger partial charge on any atom is 0.243 e. The van der Waals surface area contributed by atoms with Gasteiger partial charge in [0.1, 0.15) is 5.82 Å². The van der Waals surface area contributed by atoms with Gasteiger partial charge in [-0.05, 0) is 30.9 Å². The molecule has 108 valence electrons. The van der Waals surface area contributed by atoms with Crippen LogP contribution in [0.25, 0.3) is 0 Å². The summed E-state index contributed by atoms with van der Waals surface area (Å²) in [5.41, 5.74) is 0.441. The molecule has 1 aromatic rings. The highest BCUT2D eigenvalue weighted by Gasteiger charge is 2.44. The van der Waals surface area contributed by atoms with Gasteiger partial charge >= 0.3 is 0 Å². The Labute approximate surface area is 118 Å². The zero-order chi connectivity index (χ0) is 14.3. The van der Waals surface area contributed by atoms with Crippen LogP contribution >= 0.6 is 0 Å². The molecule has 0 unspecified atom stereocenters. The number of nitrogens with zero attached hydrogens (tertiary/aromatic N) is 3. The Morgan fingerprint density at radius 2 is 2.15 bits per heavy atom. The van der Waals surface area contributed by atoms with E-state index in [2.05, 4.69) is 9.99 Å². The molecule has 0 aromatic carbocycles. The first-order valence-electron chi connectivity index (χ1n) is 7.18. The monoisotopic (exact) mass is 277 g/mol. The molecule has 20 heavy (non-hydrogen) atoms. The Bertz CT molecular complexity index is 532. The van der Waals surface area contributed by atoms with Gasteiger partial charge in [0.05, 0.1) is 12.2 Å². The average molecular weight is 277 g/mol. The third-order valence-corrected chi connectivity index (χ3v) is 4.38. The van der Waals surface area contributed by atoms with Crippen molar-refractivity contribution >= 4 is 5.91 Å². The molecule has 5 heteroatoms. The Morgan fingerprint density at radius 1 is 1.35 bits per heavy atom. The maximum atomic E-state index is 13.4. The molecule has 2 aliphatic rings. The minimum atomic E-state index is -0.349. The van der Waals surface area contributed by atoms with Crippen LogP contribution in [0.5, 0.6) is 0 Å². The van der Waals surface area contributed by atoms with Gasteiger partial charge in [0, 0.05) is 24.7 Å². The van der Waals surface area contributed by atoms with E-state index in [4.69, 9.17) is 0 Å². The molecule has 1 atom stereocenters. The predicted octanol–water partition coefficient (Wildman–Crippen LogP) is 2.53. The number of carbonyl (C=O) groups is 1. The summed E-state index contributed by atoms with van der Waals surface area (Å²) in [5, 5.41) is 3.97. The largest absolute Gasteiger partial charge is 0.273 e. The Hall–Kier alpha value is -1.49. The van der Waals surface area contributed by atoms with Gasteiger partial charge in [-0.2, -0.15) is 0 Å². The molecule has 0 bridgehead atoms. The van der Waals surface area contributed by atoms with Crippen molar-refractivity contribution < 1.29 is 9.18 Å². The summed E-state index contributed by atoms with van der Waals surface area (Å²) in [6, 6.07) is 1.41. The highest BCUT2D eigenvalue weighted by Crippen LogP contribution is 2.39. The van der Waals surface area contributed by atoms with E-state index in [1.54, 1.807) is 6.20 Å². The van der Waals surface area contributed by atoms with Gasteiger partial charge in [-0.15, -0.1) is 0 Å². The normalized spacial score (nSPS) is 26.4. The van der Waals surface area contributed by atoms with Gasteiger partial charge in [-0.25, -0.2) is 9.40 Å². The van der Waals surface area contributed by atoms with Crippen LogP contribution in [0, 0.1) is 11.2 Å². The van der Waals surface area contributed by atoms with Crippen LogP contribution in [0.4, 0.5) is 4.39 Å². The van der Waals surface area contributed by atoms with Crippen molar-refractivity contribution in [1.82, 2.24) is 15.0 Å². The van der Waals surface area contributed by atoms with Crippen LogP contribution < -0.4 is 0 Å². The summed E-state index contributed by atoms with van der Waals surface area (Å²) < 4.78 is 13.4. The first-order chi connectivity index (χ1) is 9.49. The van der Waals surface area contributed by atoms with Gasteiger partial charge < -0.3 is 0 Å². The molecule has 2 fully saturated rings. The minimum Gasteiger partial charge on any atom is -0.273 e. The number of pyridine rings is 1. The summed E-state index contributed by atoms with van der Waals surface area (Å²) in [7, 11) is 0. The number of fused-ring (bicyclic) bond motifs is 1. The zero-order valence-corrected chi connectivity index (χ0v) is 12.0. The van der Waals surface area contributed by atoms with E-state index in [-0.39, 0.29) is 23.2 Å². The van der Waals surface area contributed by atoms with Gasteiger partial charge in [0.2, 0.25) is 5.91 Å². The second kappa shape index (κ2) is 4.81. The molecule has 0 N–H and O–H groups in total. The summed E-state index contributed by atoms with van der Waals surface area (Å²) in [5.74, 6) is -0.204. The molecule has 0 spiro atoms. The second-order valence-corrected chi connectivity index (χ2v) is 6.33. The summed E-state index contributed by atoms with van der Waals surface area (Å²) in [6.07, 6.45) is 5.62. The van der Waals surface area contributed by atoms with E-state index in [1.165, 1.54) is 12.3 Å². The van der Waals surface area contributed by atoms with Gasteiger partial charge in [-0.3, -0.25) is 14.8 Å². The van der Waals surface area contributed by atoms with E-state index < -0.39 is 0 Å². The van der Waals surface area contributed by atoms with E-state index in [9.17, 15) is 9.18 Å². The highest BCUT2D eigenvalue weighted by molar-refractivity contribution is 5.82. The fourth-order valence-electron chi connectivity index (χ4n) is 3.23. The maximum absolute atomic E-state index is 13.4. The molecular formula is C15H20FN3O. The van der Waals surface area contributed by atoms with Crippen molar-refractivity contribution in [1.29, 1.82) is 0 Å². The number of amides is 1. The van der Waals surface area contributed by atoms with Crippen molar-refractivity contribution in [3.8, 4) is 0 Å². The van der Waals surface area contributed by atoms with Crippen molar-refractivity contribution in [2.75, 3.05) is 13.1 Å². The summed E-state index contributed by atoms with van der Waals surface area (Å²) in [4.78, 5) is 16.7. The minimum absolute atomic E-state index is 0.0805. The van der Waals surface area contributed by atoms with Crippen LogP contribution in [0.3, 0.4) is 0 Å². The Kier molecular flexibility index (Phi) is 3.24. The van der Waals surface area contributed by atoms with Gasteiger partial charge in [0.25, 0.3) is 0 Å². The molecule has 3 heterocycles. The third kappa shape index (κ3) is 2.20. The molecule has 1 aromatic heterocycles. The molecule has 2 saturated heterocycles. The Balaban J connectivity index is 1.96. The summed E-state index contributed by atoms with van der Waals surface area (Å²) >= 11 is 0. The second-order valence-electron chi connectivity index (χ2n) is 6.33. The number of carbonyl (C=O) groups excluding carboxylic acids is 1. The molecule has 1 amide bonds. The number of aromatic nitrogens is 1. The summed E-state index contributed by atoms with van der Waals surface area (Å²) in [6.45, 7) is 5.74. The zero-order valence-electron chi connectivity index (χ0n) is 12.0. The van der Waals surface area contributed by atoms with Gasteiger partial charge in [0.15, 0.2) is 0 Å². The average Bonchev–Trinajstić information content (AvgIpc) is 2.77. The van der Waals surface area contributed by atoms with Crippen LogP contribution in [0.2, 0.25) is 0 Å². The lowest BCUT2D eigenvalue weighted by atomic mass is 9.86. The number of hydrazine groups is 1. The third-order valence-electron chi connectivity index (χ3n) is 4.38. The lowest BCUT2D eigenvalue weighted by Gasteiger charge is -2.34. The Morgan fingerprint density at radius 3 is 2.90 bits per heavy atom. The lowest BCUT2D eigenvalue weighted by Crippen LogP contribution is -2.46. The van der Waals surface area contributed by atoms with E-state index in [0.717, 1.165) is 37.9 Å². The quantitative estimate of drug-likeness (QED) is 0.791. The molecule has 0 radical (unpaired) electrons. The molecular weight excluding hydrogens is 257 g/mol. The number of rotatable bonds is 1. The van der Waals surface area contributed by atoms with Gasteiger partial charge in [-0.1, -0.05) is 13.8 Å². The van der Waals surface area contributed by atoms with Crippen molar-refractivity contribution in [3.05, 3.63) is 29.8 Å². The topological polar surface area (TPSA) is 36.4 Å². The van der Waals surface area contributed by atoms with Crippen LogP contribution in [-0.4, -0.2) is 34.0 Å². The molecule has 3 rings (SSSR count). The number of hydrogen-bond donors (Lipinski definition) is 0. The van der Waals surface area contributed by atoms with E-state index in [1.807, 2.05) is 18.9 Å². The fraction of sp³-hybridized carbons (Fsp3) is 0.600. The van der Waals surface area contributed by atoms with E-state index >= 15 is 0 Å². The fourth-order valence-corrected chi connectivity index (χ4v) is 3.23. The number of halogens is 1. The van der Waals surface area contributed by atoms with Crippen molar-refractivity contribution in [2.45, 2.75) is 39.2 Å². The van der Waals surface area contributed by atoms with Crippen LogP contribution in [-0.2, 0) is 4.79 Å². The highest BCUT2D eigenvalue weighted by atomic mass is 19.1. The SMILES string of the molecule is CC1(C)CCCN2CC[C@H](c3cncc(F)c3)N2C1=O. The van der Waals surface area contributed by atoms with Crippen molar-refractivity contribution in [2.24, 2.45) is 5.41 Å². The standard InChI is InChI=1S/C15H20FN3O/c1-15(2)5-3-6-18-7-4-13(19(18)14(15)20)11-8-12(16)10-17-9-11/h8-10,13H,3-7H2,1-2H3/t13-/m1/s1. The van der Waals surface area contributed by atoms with Crippen LogP contribution in [0.15, 0.2) is 18.5 Å².